The Morgan fingerprint density at radius 2 is 1.85 bits per heavy atom. The maximum Gasteiger partial charge on any atom is 0.311 e. The van der Waals surface area contributed by atoms with Crippen LogP contribution < -0.4 is 5.32 Å². The van der Waals surface area contributed by atoms with E-state index in [2.05, 4.69) is 26.1 Å². The molecule has 0 saturated carbocycles. The minimum atomic E-state index is -0.849. The molecule has 1 rings (SSSR count). The molecular weight excluding hydrogens is 258 g/mol. The lowest BCUT2D eigenvalue weighted by Crippen LogP contribution is -2.46. The molecule has 0 aromatic heterocycles. The van der Waals surface area contributed by atoms with Gasteiger partial charge in [0.2, 0.25) is 5.91 Å². The third-order valence-corrected chi connectivity index (χ3v) is 3.86. The highest BCUT2D eigenvalue weighted by molar-refractivity contribution is 5.79. The summed E-state index contributed by atoms with van der Waals surface area (Å²) in [6.07, 6.45) is 3.20. The average Bonchev–Trinajstić information content (AvgIpc) is 2.36. The Morgan fingerprint density at radius 3 is 2.35 bits per heavy atom. The predicted octanol–water partition coefficient (Wildman–Crippen LogP) is 2.20. The topological polar surface area (TPSA) is 75.6 Å². The predicted molar refractivity (Wildman–Crippen MR) is 76.4 cm³/mol. The van der Waals surface area contributed by atoms with E-state index < -0.39 is 11.4 Å². The van der Waals surface area contributed by atoms with Crippen molar-refractivity contribution in [1.82, 2.24) is 5.32 Å². The Bertz CT molecular complexity index is 340. The van der Waals surface area contributed by atoms with Gasteiger partial charge in [0.25, 0.3) is 0 Å². The Kier molecular flexibility index (Phi) is 5.99. The highest BCUT2D eigenvalue weighted by atomic mass is 16.5. The number of hydrogen-bond donors (Lipinski definition) is 2. The minimum absolute atomic E-state index is 0.0543. The lowest BCUT2D eigenvalue weighted by Gasteiger charge is -2.33. The van der Waals surface area contributed by atoms with Gasteiger partial charge in [0.05, 0.1) is 5.41 Å². The first kappa shape index (κ1) is 17.0. The monoisotopic (exact) mass is 285 g/mol. The molecule has 1 heterocycles. The van der Waals surface area contributed by atoms with Gasteiger partial charge in [0.15, 0.2) is 0 Å². The van der Waals surface area contributed by atoms with E-state index in [0.29, 0.717) is 32.5 Å². The van der Waals surface area contributed by atoms with Gasteiger partial charge in [0, 0.05) is 26.2 Å². The second-order valence-electron chi connectivity index (χ2n) is 6.89. The number of carboxylic acid groups (broad SMARTS) is 1. The molecule has 1 saturated heterocycles. The third-order valence-electron chi connectivity index (χ3n) is 3.86. The van der Waals surface area contributed by atoms with E-state index in [1.807, 2.05) is 0 Å². The molecule has 1 fully saturated rings. The van der Waals surface area contributed by atoms with Gasteiger partial charge in [-0.3, -0.25) is 9.59 Å². The van der Waals surface area contributed by atoms with Gasteiger partial charge in [0.1, 0.15) is 0 Å². The molecule has 0 aromatic carbocycles. The summed E-state index contributed by atoms with van der Waals surface area (Å²) < 4.78 is 5.21. The van der Waals surface area contributed by atoms with Crippen LogP contribution >= 0.6 is 0 Å². The van der Waals surface area contributed by atoms with Crippen molar-refractivity contribution in [2.24, 2.45) is 10.8 Å². The molecule has 0 unspecified atom stereocenters. The maximum atomic E-state index is 11.8. The second-order valence-corrected chi connectivity index (χ2v) is 6.89. The summed E-state index contributed by atoms with van der Waals surface area (Å²) >= 11 is 0. The van der Waals surface area contributed by atoms with E-state index in [0.717, 1.165) is 12.8 Å². The van der Waals surface area contributed by atoms with Gasteiger partial charge in [-0.25, -0.2) is 0 Å². The average molecular weight is 285 g/mol. The molecule has 1 aliphatic rings. The number of hydrogen-bond acceptors (Lipinski definition) is 3. The van der Waals surface area contributed by atoms with Crippen molar-refractivity contribution in [3.8, 4) is 0 Å². The molecule has 1 amide bonds. The summed E-state index contributed by atoms with van der Waals surface area (Å²) in [6, 6.07) is 0. The molecule has 20 heavy (non-hydrogen) atoms. The van der Waals surface area contributed by atoms with Gasteiger partial charge in [-0.15, -0.1) is 0 Å². The third kappa shape index (κ3) is 5.49. The number of amides is 1. The van der Waals surface area contributed by atoms with Crippen LogP contribution in [0.5, 0.6) is 0 Å². The highest BCUT2D eigenvalue weighted by Crippen LogP contribution is 2.30. The van der Waals surface area contributed by atoms with Crippen molar-refractivity contribution >= 4 is 11.9 Å². The highest BCUT2D eigenvalue weighted by Gasteiger charge is 2.40. The van der Waals surface area contributed by atoms with Gasteiger partial charge >= 0.3 is 5.97 Å². The summed E-state index contributed by atoms with van der Waals surface area (Å²) in [7, 11) is 0. The van der Waals surface area contributed by atoms with E-state index in [9.17, 15) is 14.7 Å². The molecule has 5 heteroatoms. The number of rotatable bonds is 6. The molecule has 0 atom stereocenters. The first-order chi connectivity index (χ1) is 9.25. The molecule has 0 spiro atoms. The zero-order valence-electron chi connectivity index (χ0n) is 12.8. The van der Waals surface area contributed by atoms with Crippen LogP contribution in [0, 0.1) is 10.8 Å². The second kappa shape index (κ2) is 7.07. The molecule has 0 aromatic rings. The Hall–Kier alpha value is -1.10. The van der Waals surface area contributed by atoms with Crippen LogP contribution in [0.4, 0.5) is 0 Å². The van der Waals surface area contributed by atoms with Gasteiger partial charge in [-0.1, -0.05) is 20.8 Å². The fourth-order valence-electron chi connectivity index (χ4n) is 2.36. The van der Waals surface area contributed by atoms with Crippen LogP contribution in [0.2, 0.25) is 0 Å². The summed E-state index contributed by atoms with van der Waals surface area (Å²) in [5.74, 6) is -0.892. The van der Waals surface area contributed by atoms with Crippen molar-refractivity contribution < 1.29 is 19.4 Å². The van der Waals surface area contributed by atoms with Crippen molar-refractivity contribution in [1.29, 1.82) is 0 Å². The Morgan fingerprint density at radius 1 is 1.25 bits per heavy atom. The molecule has 0 radical (unpaired) electrons. The standard InChI is InChI=1S/C15H27NO4/c1-14(2,3)6-4-5-12(17)16-11-15(13(18)19)7-9-20-10-8-15/h4-11H2,1-3H3,(H,16,17)(H,18,19). The maximum absolute atomic E-state index is 11.8. The fraction of sp³-hybridized carbons (Fsp3) is 0.867. The van der Waals surface area contributed by atoms with Crippen molar-refractivity contribution in [3.63, 3.8) is 0 Å². The van der Waals surface area contributed by atoms with Gasteiger partial charge in [-0.05, 0) is 31.1 Å². The normalized spacial score (nSPS) is 18.6. The van der Waals surface area contributed by atoms with Crippen LogP contribution in [0.25, 0.3) is 0 Å². The lowest BCUT2D eigenvalue weighted by atomic mass is 9.80. The smallest absolute Gasteiger partial charge is 0.311 e. The number of aliphatic carboxylic acids is 1. The largest absolute Gasteiger partial charge is 0.481 e. The van der Waals surface area contributed by atoms with E-state index in [1.54, 1.807) is 0 Å². The number of carbonyl (C=O) groups excluding carboxylic acids is 1. The van der Waals surface area contributed by atoms with Crippen LogP contribution in [0.1, 0.15) is 52.9 Å². The number of nitrogens with one attached hydrogen (secondary N) is 1. The molecule has 116 valence electrons. The van der Waals surface area contributed by atoms with Crippen LogP contribution in [0.15, 0.2) is 0 Å². The molecular formula is C15H27NO4. The number of carbonyl (C=O) groups is 2. The number of ether oxygens (including phenoxy) is 1. The van der Waals surface area contributed by atoms with Crippen molar-refractivity contribution in [3.05, 3.63) is 0 Å². The van der Waals surface area contributed by atoms with Gasteiger partial charge in [-0.2, -0.15) is 0 Å². The lowest BCUT2D eigenvalue weighted by molar-refractivity contribution is -0.154. The number of carboxylic acids is 1. The van der Waals surface area contributed by atoms with Crippen molar-refractivity contribution in [2.75, 3.05) is 19.8 Å². The zero-order chi connectivity index (χ0) is 15.2. The molecule has 0 bridgehead atoms. The van der Waals surface area contributed by atoms with Crippen LogP contribution in [-0.2, 0) is 14.3 Å². The Balaban J connectivity index is 2.36. The van der Waals surface area contributed by atoms with E-state index in [4.69, 9.17) is 4.74 Å². The van der Waals surface area contributed by atoms with Crippen LogP contribution in [0.3, 0.4) is 0 Å². The first-order valence-corrected chi connectivity index (χ1v) is 7.33. The molecule has 1 aliphatic heterocycles. The van der Waals surface area contributed by atoms with Crippen LogP contribution in [-0.4, -0.2) is 36.7 Å². The SMILES string of the molecule is CC(C)(C)CCCC(=O)NCC1(C(=O)O)CCOCC1. The van der Waals surface area contributed by atoms with E-state index >= 15 is 0 Å². The van der Waals surface area contributed by atoms with Crippen molar-refractivity contribution in [2.45, 2.75) is 52.9 Å². The summed E-state index contributed by atoms with van der Waals surface area (Å²) in [5.41, 5.74) is -0.624. The quantitative estimate of drug-likeness (QED) is 0.784. The summed E-state index contributed by atoms with van der Waals surface area (Å²) in [4.78, 5) is 23.2. The van der Waals surface area contributed by atoms with E-state index in [1.165, 1.54) is 0 Å². The molecule has 5 nitrogen and oxygen atoms in total. The molecule has 2 N–H and O–H groups in total. The zero-order valence-corrected chi connectivity index (χ0v) is 12.8. The van der Waals surface area contributed by atoms with Gasteiger partial charge < -0.3 is 15.2 Å². The molecule has 0 aliphatic carbocycles. The van der Waals surface area contributed by atoms with E-state index in [-0.39, 0.29) is 17.9 Å². The minimum Gasteiger partial charge on any atom is -0.481 e. The Labute approximate surface area is 121 Å². The summed E-state index contributed by atoms with van der Waals surface area (Å²) in [6.45, 7) is 7.55. The first-order valence-electron chi connectivity index (χ1n) is 7.33. The summed E-state index contributed by atoms with van der Waals surface area (Å²) in [5, 5.41) is 12.2. The fourth-order valence-corrected chi connectivity index (χ4v) is 2.36.